The van der Waals surface area contributed by atoms with Gasteiger partial charge in [-0.15, -0.1) is 8.78 Å². The quantitative estimate of drug-likeness (QED) is 0.867. The van der Waals surface area contributed by atoms with Crippen molar-refractivity contribution in [2.45, 2.75) is 6.29 Å². The largest absolute Gasteiger partial charge is 0.586 e. The molecule has 3 rings (SSSR count). The van der Waals surface area contributed by atoms with Crippen LogP contribution in [0.2, 0.25) is 5.02 Å². The first-order chi connectivity index (χ1) is 10.7. The second kappa shape index (κ2) is 4.92. The second-order valence-electron chi connectivity index (χ2n) is 4.49. The van der Waals surface area contributed by atoms with Crippen LogP contribution in [-0.4, -0.2) is 22.4 Å². The minimum atomic E-state index is -4.05. The van der Waals surface area contributed by atoms with Crippen molar-refractivity contribution >= 4 is 23.3 Å². The molecule has 0 aliphatic carbocycles. The number of ether oxygens (including phenoxy) is 2. The van der Waals surface area contributed by atoms with Crippen LogP contribution in [0.1, 0.15) is 10.5 Å². The van der Waals surface area contributed by atoms with Crippen molar-refractivity contribution in [1.29, 1.82) is 0 Å². The van der Waals surface area contributed by atoms with Gasteiger partial charge >= 0.3 is 12.3 Å². The third-order valence-corrected chi connectivity index (χ3v) is 3.37. The van der Waals surface area contributed by atoms with Gasteiger partial charge in [-0.3, -0.25) is 0 Å². The summed E-state index contributed by atoms with van der Waals surface area (Å²) in [4.78, 5) is 14.9. The molecule has 0 saturated carbocycles. The number of pyridine rings is 1. The summed E-state index contributed by atoms with van der Waals surface area (Å²) in [6, 6.07) is 3.09. The first-order valence-corrected chi connectivity index (χ1v) is 6.35. The standard InChI is InChI=1S/C13H6ClF3N2O4/c14-8-6(18)3-7(19-9(8)12(20)21)4-1-2-5(15)11-10(4)22-13(16,17)23-11/h1-3H,(H2,18,19)(H,20,21). The fraction of sp³-hybridized carbons (Fsp3) is 0.0769. The average molecular weight is 347 g/mol. The van der Waals surface area contributed by atoms with Gasteiger partial charge in [-0.2, -0.15) is 0 Å². The van der Waals surface area contributed by atoms with E-state index in [4.69, 9.17) is 22.4 Å². The molecule has 0 bridgehead atoms. The van der Waals surface area contributed by atoms with Gasteiger partial charge in [0.05, 0.1) is 16.4 Å². The highest BCUT2D eigenvalue weighted by Gasteiger charge is 2.46. The zero-order valence-corrected chi connectivity index (χ0v) is 11.7. The maximum atomic E-state index is 13.6. The molecule has 120 valence electrons. The lowest BCUT2D eigenvalue weighted by Crippen LogP contribution is -2.26. The Kier molecular flexibility index (Phi) is 3.25. The van der Waals surface area contributed by atoms with Crippen LogP contribution in [0.15, 0.2) is 18.2 Å². The minimum absolute atomic E-state index is 0.121. The second-order valence-corrected chi connectivity index (χ2v) is 4.86. The Labute approximate surface area is 131 Å². The lowest BCUT2D eigenvalue weighted by atomic mass is 10.1. The maximum absolute atomic E-state index is 13.6. The first kappa shape index (κ1) is 15.2. The van der Waals surface area contributed by atoms with Crippen LogP contribution in [-0.2, 0) is 0 Å². The van der Waals surface area contributed by atoms with Gasteiger partial charge in [-0.05, 0) is 18.2 Å². The number of hydrogen-bond acceptors (Lipinski definition) is 5. The van der Waals surface area contributed by atoms with Gasteiger partial charge in [-0.25, -0.2) is 14.2 Å². The monoisotopic (exact) mass is 346 g/mol. The summed E-state index contributed by atoms with van der Waals surface area (Å²) in [6.07, 6.45) is -4.05. The van der Waals surface area contributed by atoms with Crippen LogP contribution in [0.5, 0.6) is 11.5 Å². The molecule has 1 aromatic carbocycles. The first-order valence-electron chi connectivity index (χ1n) is 5.97. The summed E-state index contributed by atoms with van der Waals surface area (Å²) in [7, 11) is 0. The number of carboxylic acid groups (broad SMARTS) is 1. The van der Waals surface area contributed by atoms with Gasteiger partial charge in [0.2, 0.25) is 5.75 Å². The van der Waals surface area contributed by atoms with Crippen LogP contribution in [0.25, 0.3) is 11.3 Å². The average Bonchev–Trinajstić information content (AvgIpc) is 2.78. The minimum Gasteiger partial charge on any atom is -0.476 e. The summed E-state index contributed by atoms with van der Waals surface area (Å²) in [6.45, 7) is 0. The van der Waals surface area contributed by atoms with E-state index in [0.29, 0.717) is 0 Å². The zero-order valence-electron chi connectivity index (χ0n) is 10.9. The molecule has 0 spiro atoms. The van der Waals surface area contributed by atoms with E-state index in [-0.39, 0.29) is 22.0 Å². The van der Waals surface area contributed by atoms with Crippen molar-refractivity contribution in [1.82, 2.24) is 4.98 Å². The van der Waals surface area contributed by atoms with Crippen molar-refractivity contribution < 1.29 is 32.5 Å². The zero-order chi connectivity index (χ0) is 16.9. The predicted octanol–water partition coefficient (Wildman–Crippen LogP) is 3.14. The van der Waals surface area contributed by atoms with E-state index in [2.05, 4.69) is 14.5 Å². The van der Waals surface area contributed by atoms with E-state index in [1.54, 1.807) is 0 Å². The van der Waals surface area contributed by atoms with Crippen LogP contribution in [0.4, 0.5) is 18.9 Å². The molecule has 1 aliphatic heterocycles. The number of aromatic carboxylic acids is 1. The van der Waals surface area contributed by atoms with Gasteiger partial charge in [0.25, 0.3) is 0 Å². The molecule has 0 saturated heterocycles. The molecule has 1 aliphatic rings. The van der Waals surface area contributed by atoms with Crippen LogP contribution >= 0.6 is 11.6 Å². The lowest BCUT2D eigenvalue weighted by Gasteiger charge is -2.09. The van der Waals surface area contributed by atoms with Gasteiger partial charge < -0.3 is 20.3 Å². The highest BCUT2D eigenvalue weighted by atomic mass is 35.5. The fourth-order valence-corrected chi connectivity index (χ4v) is 2.20. The number of fused-ring (bicyclic) bond motifs is 1. The van der Waals surface area contributed by atoms with Gasteiger partial charge in [0, 0.05) is 5.56 Å². The van der Waals surface area contributed by atoms with E-state index in [9.17, 15) is 18.0 Å². The molecule has 2 heterocycles. The Morgan fingerprint density at radius 1 is 1.30 bits per heavy atom. The lowest BCUT2D eigenvalue weighted by molar-refractivity contribution is -0.287. The highest BCUT2D eigenvalue weighted by Crippen LogP contribution is 2.48. The fourth-order valence-electron chi connectivity index (χ4n) is 2.02. The summed E-state index contributed by atoms with van der Waals surface area (Å²) >= 11 is 5.73. The van der Waals surface area contributed by atoms with E-state index < -0.39 is 35.3 Å². The highest BCUT2D eigenvalue weighted by molar-refractivity contribution is 6.35. The Hall–Kier alpha value is -2.68. The summed E-state index contributed by atoms with van der Waals surface area (Å²) in [5.41, 5.74) is 4.62. The van der Waals surface area contributed by atoms with Gasteiger partial charge in [0.1, 0.15) is 0 Å². The molecule has 0 atom stereocenters. The number of benzene rings is 1. The van der Waals surface area contributed by atoms with Crippen LogP contribution < -0.4 is 15.2 Å². The summed E-state index contributed by atoms with van der Waals surface area (Å²) in [5.74, 6) is -3.95. The number of nitrogen functional groups attached to an aromatic ring is 1. The van der Waals surface area contributed by atoms with Gasteiger partial charge in [0.15, 0.2) is 17.3 Å². The molecule has 6 nitrogen and oxygen atoms in total. The third kappa shape index (κ3) is 2.48. The SMILES string of the molecule is Nc1cc(-c2ccc(F)c3c2OC(F)(F)O3)nc(C(=O)O)c1Cl. The molecule has 2 aromatic rings. The molecule has 3 N–H and O–H groups in total. The summed E-state index contributed by atoms with van der Waals surface area (Å²) in [5, 5.41) is 8.74. The normalized spacial score (nSPS) is 14.8. The number of alkyl halides is 2. The van der Waals surface area contributed by atoms with Crippen LogP contribution in [0.3, 0.4) is 0 Å². The summed E-state index contributed by atoms with van der Waals surface area (Å²) < 4.78 is 48.3. The molecular formula is C13H6ClF3N2O4. The number of halogens is 4. The van der Waals surface area contributed by atoms with E-state index in [1.807, 2.05) is 0 Å². The molecule has 0 radical (unpaired) electrons. The maximum Gasteiger partial charge on any atom is 0.586 e. The van der Waals surface area contributed by atoms with Crippen molar-refractivity contribution in [2.24, 2.45) is 0 Å². The molecular weight excluding hydrogens is 341 g/mol. The van der Waals surface area contributed by atoms with Crippen molar-refractivity contribution in [2.75, 3.05) is 5.73 Å². The Morgan fingerprint density at radius 2 is 1.96 bits per heavy atom. The molecule has 23 heavy (non-hydrogen) atoms. The van der Waals surface area contributed by atoms with Gasteiger partial charge in [-0.1, -0.05) is 11.6 Å². The van der Waals surface area contributed by atoms with Crippen molar-refractivity contribution in [3.05, 3.63) is 34.7 Å². The number of rotatable bonds is 2. The molecule has 0 fully saturated rings. The number of aromatic nitrogens is 1. The Morgan fingerprint density at radius 3 is 2.61 bits per heavy atom. The van der Waals surface area contributed by atoms with E-state index in [1.165, 1.54) is 0 Å². The Balaban J connectivity index is 2.23. The molecule has 0 unspecified atom stereocenters. The number of carbonyl (C=O) groups is 1. The van der Waals surface area contributed by atoms with E-state index in [0.717, 1.165) is 18.2 Å². The smallest absolute Gasteiger partial charge is 0.476 e. The number of carboxylic acids is 1. The number of hydrogen-bond donors (Lipinski definition) is 2. The number of nitrogens with zero attached hydrogens (tertiary/aromatic N) is 1. The number of nitrogens with two attached hydrogens (primary N) is 1. The molecule has 10 heteroatoms. The van der Waals surface area contributed by atoms with Crippen molar-refractivity contribution in [3.8, 4) is 22.8 Å². The molecule has 1 aromatic heterocycles. The number of anilines is 1. The van der Waals surface area contributed by atoms with Crippen molar-refractivity contribution in [3.63, 3.8) is 0 Å². The molecule has 0 amide bonds. The van der Waals surface area contributed by atoms with Crippen LogP contribution in [0, 0.1) is 5.82 Å². The van der Waals surface area contributed by atoms with E-state index >= 15 is 0 Å². The topological polar surface area (TPSA) is 94.7 Å². The predicted molar refractivity (Wildman–Crippen MR) is 72.2 cm³/mol. The Bertz CT molecular complexity index is 844. The third-order valence-electron chi connectivity index (χ3n) is 2.97.